The highest BCUT2D eigenvalue weighted by atomic mass is 17.7. The number of hydrogen-bond acceptors (Lipinski definition) is 18. The molecule has 3 unspecified atom stereocenters. The molecule has 1 aromatic heterocycles. The van der Waals surface area contributed by atoms with Crippen LogP contribution in [0.2, 0.25) is 0 Å². The number of carbonyl (C=O) groups excluding carboxylic acids is 3. The molecule has 3 atom stereocenters. The summed E-state index contributed by atoms with van der Waals surface area (Å²) in [6, 6.07) is 23.2. The minimum absolute atomic E-state index is 0. The lowest BCUT2D eigenvalue weighted by molar-refractivity contribution is -0.626. The maximum atomic E-state index is 12.5. The largest absolute Gasteiger partial charge is 0.462 e. The summed E-state index contributed by atoms with van der Waals surface area (Å²) in [6.07, 6.45) is 14.7. The number of rotatable bonds is 30. The maximum Gasteiger partial charge on any atom is 0.338 e. The smallest absolute Gasteiger partial charge is 0.338 e. The van der Waals surface area contributed by atoms with Gasteiger partial charge in [-0.15, -0.1) is 4.91 Å². The number of carbonyl (C=O) groups is 3. The van der Waals surface area contributed by atoms with Crippen molar-refractivity contribution in [3.8, 4) is 0 Å². The Labute approximate surface area is 426 Å². The maximum absolute atomic E-state index is 12.5. The molecular formula is C50H81N11O11. The Morgan fingerprint density at radius 1 is 0.583 bits per heavy atom. The van der Waals surface area contributed by atoms with Gasteiger partial charge in [-0.05, 0) is 103 Å². The number of nitrogens with zero attached hydrogens (tertiary/aromatic N) is 8. The molecule has 0 aliphatic rings. The molecule has 0 aliphatic carbocycles. The molecule has 72 heavy (non-hydrogen) atoms. The highest BCUT2D eigenvalue weighted by Gasteiger charge is 2.15. The normalized spacial score (nSPS) is 11.5. The molecule has 4 aromatic rings. The lowest BCUT2D eigenvalue weighted by Gasteiger charge is -2.14. The third kappa shape index (κ3) is 29.3. The van der Waals surface area contributed by atoms with Gasteiger partial charge < -0.3 is 31.0 Å². The number of aromatic nitrogens is 3. The molecule has 0 radical (unpaired) electrons. The quantitative estimate of drug-likeness (QED) is 0.00717. The molecule has 0 fully saturated rings. The second-order valence-electron chi connectivity index (χ2n) is 15.6. The van der Waals surface area contributed by atoms with E-state index in [2.05, 4.69) is 103 Å². The predicted molar refractivity (Wildman–Crippen MR) is 278 cm³/mol. The van der Waals surface area contributed by atoms with E-state index in [1.165, 1.54) is 19.2 Å². The zero-order valence-corrected chi connectivity index (χ0v) is 41.2. The molecule has 0 bridgehead atoms. The highest BCUT2D eigenvalue weighted by molar-refractivity contribution is 5.90. The van der Waals surface area contributed by atoms with Crippen LogP contribution in [0.25, 0.3) is 0 Å². The Hall–Kier alpha value is -6.88. The van der Waals surface area contributed by atoms with Crippen LogP contribution in [0, 0.1) is 22.7 Å². The number of esters is 3. The van der Waals surface area contributed by atoms with E-state index in [-0.39, 0.29) is 40.3 Å². The van der Waals surface area contributed by atoms with Crippen LogP contribution in [-0.4, -0.2) is 57.9 Å². The first kappa shape index (κ1) is 67.2. The van der Waals surface area contributed by atoms with E-state index in [1.807, 2.05) is 23.5 Å². The summed E-state index contributed by atoms with van der Waals surface area (Å²) in [5.41, 5.74) is 3.08. The number of hydrogen-bond donors (Lipinski definition) is 4. The van der Waals surface area contributed by atoms with Gasteiger partial charge in [0.15, 0.2) is 0 Å². The highest BCUT2D eigenvalue weighted by Crippen LogP contribution is 2.20. The van der Waals surface area contributed by atoms with Crippen molar-refractivity contribution in [2.45, 2.75) is 133 Å². The Kier molecular flexibility index (Phi) is 40.1. The summed E-state index contributed by atoms with van der Waals surface area (Å²) < 4.78 is 16.4. The van der Waals surface area contributed by atoms with Crippen LogP contribution in [0.5, 0.6) is 0 Å². The summed E-state index contributed by atoms with van der Waals surface area (Å²) in [4.78, 5) is 62.1. The van der Waals surface area contributed by atoms with Gasteiger partial charge in [0.1, 0.15) is 11.6 Å². The molecule has 6 N–H and O–H groups in total. The lowest BCUT2D eigenvalue weighted by atomic mass is 10.0. The number of nitroso groups, excluding NO2 is 1. The second-order valence-corrected chi connectivity index (χ2v) is 15.6. The Bertz CT molecular complexity index is 1980. The SMILES string of the molecule is C.C.CCCCC(CC)COC(=O)c1ccc(Nc2ncnc(Nc3ccc(C(=O)OCC(CC)CCCC)cc3)n2)cc1.CCCCC(CC)COC(=O)c1ccccc1.N.O=N/N=N/N=N/OOOO.[HH]. The fourth-order valence-electron chi connectivity index (χ4n) is 6.25. The third-order valence-corrected chi connectivity index (χ3v) is 10.6. The van der Waals surface area contributed by atoms with Crippen LogP contribution in [0.4, 0.5) is 23.3 Å². The standard InChI is InChI=1S/C33H45N5O4.C15H22O2.2CH4.HN5O5.H3N.H2/c1-5-9-11-24(7-3)21-41-30(39)26-13-17-28(18-14-26)36-32-34-23-35-33(38-32)37-29-19-15-27(16-20-29)31(40)42-22-25(8-4)12-10-6-2;1-3-5-9-13(4-2)12-17-15(16)14-10-7-6-8-11-14;;;6-4-2-1-3-5-8-10-9-7;;/h13-20,23-25H,5-12,21-22H2,1-4H3,(H2,34,35,36,37,38);6-8,10-11,13H,3-5,9,12H2,1-2H3;2*1H4;7H;1H3;1H/b;;;;2-1+,5-3+;;. The molecule has 0 saturated carbocycles. The fourth-order valence-corrected chi connectivity index (χ4v) is 6.25. The van der Waals surface area contributed by atoms with Crippen LogP contribution < -0.4 is 16.8 Å². The molecule has 402 valence electrons. The number of ether oxygens (including phenoxy) is 3. The van der Waals surface area contributed by atoms with Gasteiger partial charge in [-0.1, -0.05) is 132 Å². The van der Waals surface area contributed by atoms with Crippen LogP contribution >= 0.6 is 0 Å². The molecule has 3 aromatic carbocycles. The number of benzene rings is 3. The number of nitrogens with one attached hydrogen (secondary N) is 2. The molecule has 0 amide bonds. The zero-order valence-electron chi connectivity index (χ0n) is 41.2. The molecule has 1 heterocycles. The number of unbranched alkanes of at least 4 members (excludes halogenated alkanes) is 3. The Morgan fingerprint density at radius 3 is 1.32 bits per heavy atom. The Morgan fingerprint density at radius 2 is 0.972 bits per heavy atom. The van der Waals surface area contributed by atoms with E-state index in [0.29, 0.717) is 66.2 Å². The summed E-state index contributed by atoms with van der Waals surface area (Å²) in [7, 11) is 0. The van der Waals surface area contributed by atoms with Crippen molar-refractivity contribution in [3.05, 3.63) is 107 Å². The van der Waals surface area contributed by atoms with Gasteiger partial charge in [-0.2, -0.15) is 9.97 Å². The fraction of sp³-hybridized carbons (Fsp3) is 0.520. The van der Waals surface area contributed by atoms with E-state index in [0.717, 1.165) is 75.6 Å². The summed E-state index contributed by atoms with van der Waals surface area (Å²) in [5.74, 6) is 1.14. The number of anilines is 4. The zero-order chi connectivity index (χ0) is 50.3. The second kappa shape index (κ2) is 43.0. The average Bonchev–Trinajstić information content (AvgIpc) is 3.38. The molecule has 4 rings (SSSR count). The van der Waals surface area contributed by atoms with Crippen LogP contribution in [0.3, 0.4) is 0 Å². The van der Waals surface area contributed by atoms with E-state index in [4.69, 9.17) is 24.4 Å². The van der Waals surface area contributed by atoms with Gasteiger partial charge in [0.05, 0.1) is 41.8 Å². The molecule has 0 spiro atoms. The Balaban J connectivity index is -0.00000131. The first-order valence-electron chi connectivity index (χ1n) is 23.4. The van der Waals surface area contributed by atoms with Gasteiger partial charge in [-0.3, -0.25) is 0 Å². The van der Waals surface area contributed by atoms with Crippen molar-refractivity contribution in [3.63, 3.8) is 0 Å². The predicted octanol–water partition coefficient (Wildman–Crippen LogP) is 14.6. The van der Waals surface area contributed by atoms with Gasteiger partial charge in [0, 0.05) is 33.5 Å². The summed E-state index contributed by atoms with van der Waals surface area (Å²) in [6.45, 7) is 14.4. The average molecular weight is 1010 g/mol. The minimum Gasteiger partial charge on any atom is -0.462 e. The third-order valence-electron chi connectivity index (χ3n) is 10.6. The van der Waals surface area contributed by atoms with Gasteiger partial charge in [-0.25, -0.2) is 29.6 Å². The monoisotopic (exact) mass is 1010 g/mol. The van der Waals surface area contributed by atoms with Gasteiger partial charge in [0.25, 0.3) is 0 Å². The molecule has 0 aliphatic heterocycles. The lowest BCUT2D eigenvalue weighted by Crippen LogP contribution is -2.14. The van der Waals surface area contributed by atoms with Crippen molar-refractivity contribution >= 4 is 41.2 Å². The van der Waals surface area contributed by atoms with E-state index in [9.17, 15) is 14.4 Å². The van der Waals surface area contributed by atoms with Crippen molar-refractivity contribution in [2.75, 3.05) is 30.5 Å². The molecule has 22 nitrogen and oxygen atoms in total. The van der Waals surface area contributed by atoms with Crippen LogP contribution in [0.15, 0.2) is 111 Å². The van der Waals surface area contributed by atoms with Crippen LogP contribution in [-0.2, 0) is 29.3 Å². The minimum atomic E-state index is -0.320. The van der Waals surface area contributed by atoms with Crippen LogP contribution in [0.1, 0.15) is 166 Å². The van der Waals surface area contributed by atoms with Gasteiger partial charge in [0.2, 0.25) is 11.9 Å². The van der Waals surface area contributed by atoms with Crippen molar-refractivity contribution in [2.24, 2.45) is 44.0 Å². The van der Waals surface area contributed by atoms with E-state index < -0.39 is 0 Å². The van der Waals surface area contributed by atoms with E-state index in [1.54, 1.807) is 60.7 Å². The molecule has 22 heteroatoms. The molecule has 0 saturated heterocycles. The van der Waals surface area contributed by atoms with E-state index >= 15 is 0 Å². The topological polar surface area (TPSA) is 303 Å². The first-order valence-corrected chi connectivity index (χ1v) is 23.4. The summed E-state index contributed by atoms with van der Waals surface area (Å²) in [5, 5.41) is 32.1. The van der Waals surface area contributed by atoms with Crippen molar-refractivity contribution in [1.82, 2.24) is 21.1 Å². The van der Waals surface area contributed by atoms with Crippen molar-refractivity contribution < 1.29 is 50.3 Å². The first-order chi connectivity index (χ1) is 33.6. The van der Waals surface area contributed by atoms with Crippen molar-refractivity contribution in [1.29, 1.82) is 0 Å². The van der Waals surface area contributed by atoms with Gasteiger partial charge >= 0.3 is 17.9 Å². The molecular weight excluding hydrogens is 931 g/mol. The summed E-state index contributed by atoms with van der Waals surface area (Å²) >= 11 is 0.